The minimum atomic E-state index is -3.64. The zero-order valence-electron chi connectivity index (χ0n) is 16.2. The number of rotatable bonds is 4. The molecule has 2 aliphatic rings. The highest BCUT2D eigenvalue weighted by Gasteiger charge is 2.37. The number of amides is 1. The number of likely N-dealkylation sites (tertiary alicyclic amines) is 1. The molecule has 2 N–H and O–H groups in total. The first-order valence-electron chi connectivity index (χ1n) is 9.32. The lowest BCUT2D eigenvalue weighted by molar-refractivity contribution is -0.138. The average Bonchev–Trinajstić information content (AvgIpc) is 3.00. The summed E-state index contributed by atoms with van der Waals surface area (Å²) in [5.74, 6) is -0.174. The van der Waals surface area contributed by atoms with Crippen molar-refractivity contribution in [3.05, 3.63) is 11.4 Å². The van der Waals surface area contributed by atoms with Gasteiger partial charge in [-0.25, -0.2) is 8.42 Å². The monoisotopic (exact) mass is 419 g/mol. The molecule has 0 aliphatic carbocycles. The van der Waals surface area contributed by atoms with Crippen molar-refractivity contribution < 1.29 is 13.2 Å². The summed E-state index contributed by atoms with van der Waals surface area (Å²) in [6.45, 7) is 5.58. The van der Waals surface area contributed by atoms with E-state index in [0.29, 0.717) is 36.9 Å². The summed E-state index contributed by atoms with van der Waals surface area (Å²) in [5, 5.41) is 10.00. The number of aromatic nitrogens is 2. The summed E-state index contributed by atoms with van der Waals surface area (Å²) in [6, 6.07) is 0.326. The Bertz CT molecular complexity index is 747. The van der Waals surface area contributed by atoms with Crippen LogP contribution >= 0.6 is 12.4 Å². The van der Waals surface area contributed by atoms with Crippen LogP contribution in [-0.4, -0.2) is 73.0 Å². The van der Waals surface area contributed by atoms with E-state index in [0.717, 1.165) is 25.8 Å². The molecule has 1 aromatic rings. The van der Waals surface area contributed by atoms with Crippen LogP contribution in [0.4, 0.5) is 0 Å². The number of H-pyrrole nitrogens is 1. The van der Waals surface area contributed by atoms with E-state index in [1.807, 2.05) is 11.9 Å². The largest absolute Gasteiger partial charge is 0.341 e. The van der Waals surface area contributed by atoms with Crippen LogP contribution in [0.1, 0.15) is 37.1 Å². The second kappa shape index (κ2) is 8.89. The van der Waals surface area contributed by atoms with E-state index in [4.69, 9.17) is 0 Å². The van der Waals surface area contributed by atoms with Gasteiger partial charge in [0.15, 0.2) is 0 Å². The maximum atomic E-state index is 13.1. The molecule has 2 aliphatic heterocycles. The SMILES string of the molecule is CNC1CCCN(C(=O)C2CCCN(S(=O)(=O)c3c(C)n[nH]c3C)C2)C1.Cl. The lowest BCUT2D eigenvalue weighted by atomic mass is 9.96. The highest BCUT2D eigenvalue weighted by molar-refractivity contribution is 7.89. The second-order valence-electron chi connectivity index (χ2n) is 7.38. The number of piperidine rings is 2. The fraction of sp³-hybridized carbons (Fsp3) is 0.765. The first kappa shape index (κ1) is 22.1. The van der Waals surface area contributed by atoms with Crippen LogP contribution in [-0.2, 0) is 14.8 Å². The molecule has 0 aromatic carbocycles. The number of hydrogen-bond acceptors (Lipinski definition) is 5. The van der Waals surface area contributed by atoms with Crippen molar-refractivity contribution in [1.82, 2.24) is 24.7 Å². The number of likely N-dealkylation sites (N-methyl/N-ethyl adjacent to an activating group) is 1. The Kier molecular flexibility index (Phi) is 7.29. The minimum absolute atomic E-state index is 0. The standard InChI is InChI=1S/C17H29N5O3S.ClH/c1-12-16(13(2)20-19-12)26(24,25)22-9-4-6-14(10-22)17(23)21-8-5-7-15(11-21)18-3;/h14-15,18H,4-11H2,1-3H3,(H,19,20);1H. The van der Waals surface area contributed by atoms with E-state index in [1.54, 1.807) is 13.8 Å². The summed E-state index contributed by atoms with van der Waals surface area (Å²) in [6.07, 6.45) is 3.51. The van der Waals surface area contributed by atoms with Crippen molar-refractivity contribution in [2.75, 3.05) is 33.2 Å². The highest BCUT2D eigenvalue weighted by atomic mass is 35.5. The van der Waals surface area contributed by atoms with E-state index in [2.05, 4.69) is 15.5 Å². The first-order chi connectivity index (χ1) is 12.3. The van der Waals surface area contributed by atoms with Crippen LogP contribution in [0.25, 0.3) is 0 Å². The van der Waals surface area contributed by atoms with Crippen molar-refractivity contribution in [2.45, 2.75) is 50.5 Å². The normalized spacial score (nSPS) is 24.5. The molecular formula is C17H30ClN5O3S. The summed E-state index contributed by atoms with van der Waals surface area (Å²) in [7, 11) is -1.72. The van der Waals surface area contributed by atoms with Gasteiger partial charge in [0.05, 0.1) is 17.3 Å². The Morgan fingerprint density at radius 2 is 1.89 bits per heavy atom. The summed E-state index contributed by atoms with van der Waals surface area (Å²) in [5.41, 5.74) is 1.02. The molecule has 1 amide bonds. The van der Waals surface area contributed by atoms with Gasteiger partial charge >= 0.3 is 0 Å². The molecule has 8 nitrogen and oxygen atoms in total. The lowest BCUT2D eigenvalue weighted by Gasteiger charge is -2.37. The molecule has 2 atom stereocenters. The third-order valence-corrected chi connectivity index (χ3v) is 7.66. The Morgan fingerprint density at radius 1 is 1.19 bits per heavy atom. The molecular weight excluding hydrogens is 390 g/mol. The van der Waals surface area contributed by atoms with Crippen LogP contribution in [0, 0.1) is 19.8 Å². The quantitative estimate of drug-likeness (QED) is 0.760. The molecule has 2 saturated heterocycles. The second-order valence-corrected chi connectivity index (χ2v) is 9.25. The molecule has 154 valence electrons. The molecule has 10 heteroatoms. The molecule has 27 heavy (non-hydrogen) atoms. The predicted molar refractivity (Wildman–Crippen MR) is 105 cm³/mol. The van der Waals surface area contributed by atoms with Crippen LogP contribution in [0.2, 0.25) is 0 Å². The fourth-order valence-electron chi connectivity index (χ4n) is 4.08. The number of carbonyl (C=O) groups excluding carboxylic acids is 1. The van der Waals surface area contributed by atoms with Crippen LogP contribution < -0.4 is 5.32 Å². The van der Waals surface area contributed by atoms with Gasteiger partial charge in [0.2, 0.25) is 15.9 Å². The van der Waals surface area contributed by atoms with Gasteiger partial charge < -0.3 is 10.2 Å². The number of nitrogens with one attached hydrogen (secondary N) is 2. The Labute approximate surface area is 167 Å². The zero-order valence-corrected chi connectivity index (χ0v) is 17.8. The van der Waals surface area contributed by atoms with Gasteiger partial charge in [-0.1, -0.05) is 0 Å². The number of aryl methyl sites for hydroxylation is 2. The Hall–Kier alpha value is -1.16. The zero-order chi connectivity index (χ0) is 18.9. The summed E-state index contributed by atoms with van der Waals surface area (Å²) in [4.78, 5) is 15.1. The van der Waals surface area contributed by atoms with E-state index in [9.17, 15) is 13.2 Å². The number of sulfonamides is 1. The maximum Gasteiger partial charge on any atom is 0.246 e. The van der Waals surface area contributed by atoms with Crippen molar-refractivity contribution in [3.63, 3.8) is 0 Å². The van der Waals surface area contributed by atoms with Gasteiger partial charge in [0.1, 0.15) is 4.90 Å². The fourth-order valence-corrected chi connectivity index (χ4v) is 5.94. The Morgan fingerprint density at radius 3 is 2.52 bits per heavy atom. The van der Waals surface area contributed by atoms with Gasteiger partial charge in [-0.05, 0) is 46.6 Å². The van der Waals surface area contributed by atoms with Crippen molar-refractivity contribution >= 4 is 28.3 Å². The molecule has 3 rings (SSSR count). The first-order valence-corrected chi connectivity index (χ1v) is 10.8. The Balaban J connectivity index is 0.00000261. The smallest absolute Gasteiger partial charge is 0.246 e. The lowest BCUT2D eigenvalue weighted by Crippen LogP contribution is -2.52. The van der Waals surface area contributed by atoms with Crippen molar-refractivity contribution in [2.24, 2.45) is 5.92 Å². The van der Waals surface area contributed by atoms with Gasteiger partial charge in [-0.3, -0.25) is 9.89 Å². The minimum Gasteiger partial charge on any atom is -0.341 e. The number of aromatic amines is 1. The predicted octanol–water partition coefficient (Wildman–Crippen LogP) is 1.06. The van der Waals surface area contributed by atoms with E-state index in [-0.39, 0.29) is 35.7 Å². The van der Waals surface area contributed by atoms with Crippen molar-refractivity contribution in [1.29, 1.82) is 0 Å². The van der Waals surface area contributed by atoms with E-state index >= 15 is 0 Å². The third-order valence-electron chi connectivity index (χ3n) is 5.53. The molecule has 2 fully saturated rings. The van der Waals surface area contributed by atoms with E-state index < -0.39 is 10.0 Å². The molecule has 0 saturated carbocycles. The van der Waals surface area contributed by atoms with Gasteiger partial charge in [-0.15, -0.1) is 12.4 Å². The van der Waals surface area contributed by atoms with Gasteiger partial charge in [-0.2, -0.15) is 9.40 Å². The molecule has 3 heterocycles. The number of halogens is 1. The van der Waals surface area contributed by atoms with Crippen LogP contribution in [0.3, 0.4) is 0 Å². The average molecular weight is 420 g/mol. The molecule has 0 radical (unpaired) electrons. The molecule has 0 bridgehead atoms. The highest BCUT2D eigenvalue weighted by Crippen LogP contribution is 2.28. The summed E-state index contributed by atoms with van der Waals surface area (Å²) >= 11 is 0. The number of nitrogens with zero attached hydrogens (tertiary/aromatic N) is 3. The molecule has 1 aromatic heterocycles. The van der Waals surface area contributed by atoms with E-state index in [1.165, 1.54) is 4.31 Å². The van der Waals surface area contributed by atoms with Gasteiger partial charge in [0, 0.05) is 32.2 Å². The van der Waals surface area contributed by atoms with Crippen molar-refractivity contribution in [3.8, 4) is 0 Å². The maximum absolute atomic E-state index is 13.1. The topological polar surface area (TPSA) is 98.4 Å². The summed E-state index contributed by atoms with van der Waals surface area (Å²) < 4.78 is 27.6. The van der Waals surface area contributed by atoms with Crippen LogP contribution in [0.15, 0.2) is 4.90 Å². The third kappa shape index (κ3) is 4.47. The van der Waals surface area contributed by atoms with Gasteiger partial charge in [0.25, 0.3) is 0 Å². The molecule has 0 spiro atoms. The number of hydrogen-bond donors (Lipinski definition) is 2. The van der Waals surface area contributed by atoms with Crippen LogP contribution in [0.5, 0.6) is 0 Å². The molecule has 2 unspecified atom stereocenters. The number of carbonyl (C=O) groups is 1.